The molecule has 0 saturated carbocycles. The number of rotatable bonds is 3. The molecule has 1 fully saturated rings. The Hall–Kier alpha value is -2.31. The molecule has 1 saturated heterocycles. The molecule has 3 heterocycles. The van der Waals surface area contributed by atoms with Gasteiger partial charge in [-0.2, -0.15) is 0 Å². The van der Waals surface area contributed by atoms with Crippen LogP contribution in [0.4, 0.5) is 0 Å². The monoisotopic (exact) mass is 394 g/mol. The number of carbonyl (C=O) groups is 1. The number of para-hydroxylation sites is 1. The highest BCUT2D eigenvalue weighted by atomic mass is 32.1. The third-order valence-electron chi connectivity index (χ3n) is 5.07. The molecule has 146 valence electrons. The van der Waals surface area contributed by atoms with Gasteiger partial charge in [-0.1, -0.05) is 12.1 Å². The van der Waals surface area contributed by atoms with Crippen LogP contribution in [-0.4, -0.2) is 33.0 Å². The third-order valence-corrected chi connectivity index (χ3v) is 6.12. The van der Waals surface area contributed by atoms with Crippen molar-refractivity contribution in [2.45, 2.75) is 57.7 Å². The minimum atomic E-state index is -0.0825. The molecule has 1 aromatic carbocycles. The molecule has 1 amide bonds. The average Bonchev–Trinajstić information content (AvgIpc) is 3.03. The van der Waals surface area contributed by atoms with E-state index in [-0.39, 0.29) is 23.0 Å². The van der Waals surface area contributed by atoms with Crippen molar-refractivity contribution >= 4 is 27.5 Å². The van der Waals surface area contributed by atoms with Crippen molar-refractivity contribution in [1.29, 1.82) is 0 Å². The zero-order valence-electron chi connectivity index (χ0n) is 16.7. The van der Waals surface area contributed by atoms with Gasteiger partial charge in [0.2, 0.25) is 0 Å². The summed E-state index contributed by atoms with van der Waals surface area (Å²) in [5.74, 6) is -0.0825. The topological polar surface area (TPSA) is 66.9 Å². The van der Waals surface area contributed by atoms with E-state index in [1.54, 1.807) is 17.5 Å². The van der Waals surface area contributed by atoms with Gasteiger partial charge in [-0.05, 0) is 64.8 Å². The Bertz CT molecular complexity index is 975. The number of thiazole rings is 1. The predicted octanol–water partition coefficient (Wildman–Crippen LogP) is 4.40. The number of piperidine rings is 1. The standard InChI is InChI=1S/C22H26N4OS/c1-21(2)12-14(13-22(3,4)26-21)24-19(27)15-8-7-11-23-18(15)20-25-16-9-5-6-10-17(16)28-20/h5-11,14,26H,12-13H2,1-4H3,(H,24,27). The summed E-state index contributed by atoms with van der Waals surface area (Å²) in [6.07, 6.45) is 3.49. The molecule has 0 spiro atoms. The molecule has 1 aliphatic heterocycles. The smallest absolute Gasteiger partial charge is 0.253 e. The minimum absolute atomic E-state index is 0.0233. The molecule has 0 unspecified atom stereocenters. The maximum Gasteiger partial charge on any atom is 0.253 e. The highest BCUT2D eigenvalue weighted by molar-refractivity contribution is 7.21. The maximum absolute atomic E-state index is 13.1. The fourth-order valence-electron chi connectivity index (χ4n) is 4.42. The van der Waals surface area contributed by atoms with Crippen LogP contribution in [0.15, 0.2) is 42.6 Å². The lowest BCUT2D eigenvalue weighted by Crippen LogP contribution is -2.62. The Morgan fingerprint density at radius 3 is 2.54 bits per heavy atom. The first kappa shape index (κ1) is 19.0. The normalized spacial score (nSPS) is 18.9. The van der Waals surface area contributed by atoms with Gasteiger partial charge in [-0.25, -0.2) is 4.98 Å². The largest absolute Gasteiger partial charge is 0.349 e. The van der Waals surface area contributed by atoms with Gasteiger partial charge in [0.15, 0.2) is 0 Å². The van der Waals surface area contributed by atoms with Crippen LogP contribution in [0.1, 0.15) is 50.9 Å². The van der Waals surface area contributed by atoms with Crippen LogP contribution < -0.4 is 10.6 Å². The molecule has 3 aromatic rings. The van der Waals surface area contributed by atoms with Crippen molar-refractivity contribution < 1.29 is 4.79 Å². The number of benzene rings is 1. The van der Waals surface area contributed by atoms with Crippen LogP contribution in [0.2, 0.25) is 0 Å². The fraction of sp³-hybridized carbons (Fsp3) is 0.409. The van der Waals surface area contributed by atoms with Crippen LogP contribution in [0.5, 0.6) is 0 Å². The summed E-state index contributed by atoms with van der Waals surface area (Å²) in [6.45, 7) is 8.74. The molecular weight excluding hydrogens is 368 g/mol. The number of nitrogens with one attached hydrogen (secondary N) is 2. The van der Waals surface area contributed by atoms with Crippen molar-refractivity contribution in [1.82, 2.24) is 20.6 Å². The first-order valence-corrected chi connectivity index (χ1v) is 10.5. The van der Waals surface area contributed by atoms with Crippen LogP contribution in [0, 0.1) is 0 Å². The number of fused-ring (bicyclic) bond motifs is 1. The molecule has 6 heteroatoms. The molecule has 0 radical (unpaired) electrons. The minimum Gasteiger partial charge on any atom is -0.349 e. The second-order valence-corrected chi connectivity index (χ2v) is 9.89. The second kappa shape index (κ2) is 6.94. The van der Waals surface area contributed by atoms with Gasteiger partial charge in [0.25, 0.3) is 5.91 Å². The number of hydrogen-bond donors (Lipinski definition) is 2. The number of amides is 1. The summed E-state index contributed by atoms with van der Waals surface area (Å²) in [4.78, 5) is 22.3. The first-order valence-electron chi connectivity index (χ1n) is 9.64. The van der Waals surface area contributed by atoms with E-state index in [1.165, 1.54) is 0 Å². The van der Waals surface area contributed by atoms with Crippen molar-refractivity contribution in [3.05, 3.63) is 48.2 Å². The summed E-state index contributed by atoms with van der Waals surface area (Å²) >= 11 is 1.56. The fourth-order valence-corrected chi connectivity index (χ4v) is 5.40. The zero-order valence-corrected chi connectivity index (χ0v) is 17.6. The van der Waals surface area contributed by atoms with Crippen molar-refractivity contribution in [3.8, 4) is 10.7 Å². The van der Waals surface area contributed by atoms with E-state index in [2.05, 4.69) is 48.3 Å². The number of aromatic nitrogens is 2. The van der Waals surface area contributed by atoms with Gasteiger partial charge >= 0.3 is 0 Å². The van der Waals surface area contributed by atoms with Crippen LogP contribution in [0.3, 0.4) is 0 Å². The highest BCUT2D eigenvalue weighted by Gasteiger charge is 2.38. The zero-order chi connectivity index (χ0) is 19.9. The molecule has 0 atom stereocenters. The summed E-state index contributed by atoms with van der Waals surface area (Å²) in [5.41, 5.74) is 2.11. The number of hydrogen-bond acceptors (Lipinski definition) is 5. The Morgan fingerprint density at radius 1 is 1.11 bits per heavy atom. The highest BCUT2D eigenvalue weighted by Crippen LogP contribution is 2.32. The molecule has 5 nitrogen and oxygen atoms in total. The number of pyridine rings is 1. The van der Waals surface area contributed by atoms with Crippen LogP contribution in [-0.2, 0) is 0 Å². The lowest BCUT2D eigenvalue weighted by atomic mass is 9.79. The summed E-state index contributed by atoms with van der Waals surface area (Å²) in [7, 11) is 0. The Kier molecular flexibility index (Phi) is 4.71. The molecule has 0 aliphatic carbocycles. The van der Waals surface area contributed by atoms with E-state index in [0.717, 1.165) is 28.1 Å². The lowest BCUT2D eigenvalue weighted by Gasteiger charge is -2.46. The van der Waals surface area contributed by atoms with E-state index >= 15 is 0 Å². The van der Waals surface area contributed by atoms with Gasteiger partial charge in [0.1, 0.15) is 10.7 Å². The van der Waals surface area contributed by atoms with E-state index in [1.807, 2.05) is 36.4 Å². The molecule has 0 bridgehead atoms. The predicted molar refractivity (Wildman–Crippen MR) is 115 cm³/mol. The summed E-state index contributed by atoms with van der Waals surface area (Å²) in [6, 6.07) is 11.7. The number of nitrogens with zero attached hydrogens (tertiary/aromatic N) is 2. The van der Waals surface area contributed by atoms with Crippen molar-refractivity contribution in [3.63, 3.8) is 0 Å². The summed E-state index contributed by atoms with van der Waals surface area (Å²) in [5, 5.41) is 7.68. The maximum atomic E-state index is 13.1. The van der Waals surface area contributed by atoms with Gasteiger partial charge in [-0.15, -0.1) is 11.3 Å². The quantitative estimate of drug-likeness (QED) is 0.691. The average molecular weight is 395 g/mol. The number of carbonyl (C=O) groups excluding carboxylic acids is 1. The van der Waals surface area contributed by atoms with Crippen LogP contribution >= 0.6 is 11.3 Å². The summed E-state index contributed by atoms with van der Waals surface area (Å²) < 4.78 is 1.09. The van der Waals surface area contributed by atoms with E-state index < -0.39 is 0 Å². The van der Waals surface area contributed by atoms with E-state index in [9.17, 15) is 4.79 Å². The van der Waals surface area contributed by atoms with Gasteiger partial charge < -0.3 is 10.6 Å². The second-order valence-electron chi connectivity index (χ2n) is 8.86. The Balaban J connectivity index is 1.62. The Labute approximate surface area is 169 Å². The Morgan fingerprint density at radius 2 is 1.82 bits per heavy atom. The van der Waals surface area contributed by atoms with Crippen molar-refractivity contribution in [2.24, 2.45) is 0 Å². The molecule has 28 heavy (non-hydrogen) atoms. The van der Waals surface area contributed by atoms with Crippen molar-refractivity contribution in [2.75, 3.05) is 0 Å². The third kappa shape index (κ3) is 3.93. The molecule has 1 aliphatic rings. The molecule has 4 rings (SSSR count). The molecule has 2 N–H and O–H groups in total. The molecule has 2 aromatic heterocycles. The SMILES string of the molecule is CC1(C)CC(NC(=O)c2cccnc2-c2nc3ccccc3s2)CC(C)(C)N1. The van der Waals surface area contributed by atoms with Crippen LogP contribution in [0.25, 0.3) is 20.9 Å². The lowest BCUT2D eigenvalue weighted by molar-refractivity contribution is 0.0873. The van der Waals surface area contributed by atoms with E-state index in [4.69, 9.17) is 0 Å². The van der Waals surface area contributed by atoms with E-state index in [0.29, 0.717) is 11.3 Å². The van der Waals surface area contributed by atoms with Gasteiger partial charge in [-0.3, -0.25) is 9.78 Å². The molecular formula is C22H26N4OS. The van der Waals surface area contributed by atoms with Gasteiger partial charge in [0.05, 0.1) is 15.8 Å². The van der Waals surface area contributed by atoms with Gasteiger partial charge in [0, 0.05) is 23.3 Å². The first-order chi connectivity index (χ1) is 13.2.